The van der Waals surface area contributed by atoms with Gasteiger partial charge in [0.1, 0.15) is 5.75 Å². The van der Waals surface area contributed by atoms with Crippen molar-refractivity contribution in [2.45, 2.75) is 6.92 Å². The molecule has 4 heteroatoms. The first-order valence-corrected chi connectivity index (χ1v) is 8.59. The van der Waals surface area contributed by atoms with E-state index in [1.165, 1.54) is 4.88 Å². The fourth-order valence-electron chi connectivity index (χ4n) is 2.93. The number of ether oxygens (including phenoxy) is 1. The molecule has 3 nitrogen and oxygen atoms in total. The molecule has 0 aliphatic heterocycles. The van der Waals surface area contributed by atoms with Crippen molar-refractivity contribution in [3.63, 3.8) is 0 Å². The maximum absolute atomic E-state index is 5.66. The van der Waals surface area contributed by atoms with E-state index >= 15 is 0 Å². The first kappa shape index (κ1) is 14.8. The normalized spacial score (nSPS) is 10.9. The number of benzene rings is 2. The summed E-state index contributed by atoms with van der Waals surface area (Å²) >= 11 is 1.70. The van der Waals surface area contributed by atoms with E-state index in [4.69, 9.17) is 9.72 Å². The third-order valence-corrected chi connectivity index (χ3v) is 4.98. The minimum atomic E-state index is 0.867. The molecule has 4 aromatic rings. The lowest BCUT2D eigenvalue weighted by atomic mass is 10.0. The monoisotopic (exact) mass is 332 g/mol. The molecule has 0 aliphatic carbocycles. The minimum absolute atomic E-state index is 0.867. The predicted octanol–water partition coefficient (Wildman–Crippen LogP) is 5.34. The smallest absolute Gasteiger partial charge is 0.132 e. The second kappa shape index (κ2) is 6.06. The summed E-state index contributed by atoms with van der Waals surface area (Å²) in [5.74, 6) is 0.867. The molecule has 0 spiro atoms. The standard InChI is InChI=1S/C20H16N2OS/c1-13-19-16(11-15(20(13)23-2)18-9-6-10-24-18)22-17(12-21-19)14-7-4-3-5-8-14/h3-12H,1-2H3. The summed E-state index contributed by atoms with van der Waals surface area (Å²) in [6.07, 6.45) is 1.83. The van der Waals surface area contributed by atoms with Crippen molar-refractivity contribution in [1.82, 2.24) is 9.97 Å². The maximum Gasteiger partial charge on any atom is 0.132 e. The lowest BCUT2D eigenvalue weighted by Gasteiger charge is -2.13. The first-order valence-electron chi connectivity index (χ1n) is 7.71. The second-order valence-corrected chi connectivity index (χ2v) is 6.50. The van der Waals surface area contributed by atoms with Crippen LogP contribution in [0.4, 0.5) is 0 Å². The average Bonchev–Trinajstić information content (AvgIpc) is 3.16. The van der Waals surface area contributed by atoms with Crippen LogP contribution < -0.4 is 4.74 Å². The minimum Gasteiger partial charge on any atom is -0.496 e. The Morgan fingerprint density at radius 1 is 1.04 bits per heavy atom. The Balaban J connectivity index is 1.97. The average molecular weight is 332 g/mol. The summed E-state index contributed by atoms with van der Waals surface area (Å²) in [5.41, 5.74) is 5.80. The SMILES string of the molecule is COc1c(-c2cccs2)cc2nc(-c3ccccc3)cnc2c1C. The van der Waals surface area contributed by atoms with Gasteiger partial charge in [0, 0.05) is 21.6 Å². The Bertz CT molecular complexity index is 995. The molecule has 2 aromatic heterocycles. The van der Waals surface area contributed by atoms with Gasteiger partial charge in [0.15, 0.2) is 0 Å². The van der Waals surface area contributed by atoms with E-state index in [0.29, 0.717) is 0 Å². The fourth-order valence-corrected chi connectivity index (χ4v) is 3.67. The van der Waals surface area contributed by atoms with E-state index in [1.807, 2.05) is 49.5 Å². The van der Waals surface area contributed by atoms with Crippen LogP contribution in [0.5, 0.6) is 5.75 Å². The van der Waals surface area contributed by atoms with Crippen molar-refractivity contribution < 1.29 is 4.74 Å². The summed E-state index contributed by atoms with van der Waals surface area (Å²) in [6, 6.07) is 16.3. The number of methoxy groups -OCH3 is 1. The first-order chi connectivity index (χ1) is 11.8. The van der Waals surface area contributed by atoms with Gasteiger partial charge in [0.25, 0.3) is 0 Å². The van der Waals surface area contributed by atoms with E-state index in [2.05, 4.69) is 22.5 Å². The Hall–Kier alpha value is -2.72. The number of aryl methyl sites for hydroxylation is 1. The molecule has 0 atom stereocenters. The number of hydrogen-bond donors (Lipinski definition) is 0. The van der Waals surface area contributed by atoms with E-state index in [1.54, 1.807) is 18.4 Å². The molecule has 0 bridgehead atoms. The third-order valence-electron chi connectivity index (χ3n) is 4.08. The molecule has 118 valence electrons. The molecule has 0 unspecified atom stereocenters. The Morgan fingerprint density at radius 2 is 1.88 bits per heavy atom. The van der Waals surface area contributed by atoms with E-state index in [9.17, 15) is 0 Å². The molecule has 0 fully saturated rings. The van der Waals surface area contributed by atoms with Crippen LogP contribution in [0, 0.1) is 6.92 Å². The summed E-state index contributed by atoms with van der Waals surface area (Å²) in [4.78, 5) is 10.7. The summed E-state index contributed by atoms with van der Waals surface area (Å²) in [7, 11) is 1.71. The molecule has 2 aromatic carbocycles. The van der Waals surface area contributed by atoms with Crippen LogP contribution in [-0.4, -0.2) is 17.1 Å². The Morgan fingerprint density at radius 3 is 2.58 bits per heavy atom. The van der Waals surface area contributed by atoms with Crippen LogP contribution in [0.1, 0.15) is 5.56 Å². The quantitative estimate of drug-likeness (QED) is 0.508. The maximum atomic E-state index is 5.66. The molecule has 24 heavy (non-hydrogen) atoms. The zero-order chi connectivity index (χ0) is 16.5. The highest BCUT2D eigenvalue weighted by molar-refractivity contribution is 7.13. The van der Waals surface area contributed by atoms with Gasteiger partial charge >= 0.3 is 0 Å². The molecule has 0 N–H and O–H groups in total. The van der Waals surface area contributed by atoms with Gasteiger partial charge in [-0.25, -0.2) is 4.98 Å². The van der Waals surface area contributed by atoms with Crippen LogP contribution in [0.15, 0.2) is 60.1 Å². The van der Waals surface area contributed by atoms with Crippen LogP contribution >= 0.6 is 11.3 Å². The number of aromatic nitrogens is 2. The number of rotatable bonds is 3. The van der Waals surface area contributed by atoms with Crippen molar-refractivity contribution in [2.75, 3.05) is 7.11 Å². The van der Waals surface area contributed by atoms with Gasteiger partial charge < -0.3 is 4.74 Å². The molecule has 0 saturated heterocycles. The van der Waals surface area contributed by atoms with Crippen LogP contribution in [0.2, 0.25) is 0 Å². The number of thiophene rings is 1. The van der Waals surface area contributed by atoms with Gasteiger partial charge in [-0.05, 0) is 24.4 Å². The van der Waals surface area contributed by atoms with Gasteiger partial charge in [-0.2, -0.15) is 0 Å². The third kappa shape index (κ3) is 2.45. The van der Waals surface area contributed by atoms with E-state index in [-0.39, 0.29) is 0 Å². The Kier molecular flexibility index (Phi) is 3.75. The topological polar surface area (TPSA) is 35.0 Å². The van der Waals surface area contributed by atoms with Crippen molar-refractivity contribution in [3.05, 3.63) is 65.7 Å². The second-order valence-electron chi connectivity index (χ2n) is 5.55. The Labute approximate surface area is 144 Å². The zero-order valence-electron chi connectivity index (χ0n) is 13.5. The number of fused-ring (bicyclic) bond motifs is 1. The molecule has 0 amide bonds. The largest absolute Gasteiger partial charge is 0.496 e. The van der Waals surface area contributed by atoms with Crippen molar-refractivity contribution in [1.29, 1.82) is 0 Å². The van der Waals surface area contributed by atoms with E-state index in [0.717, 1.165) is 39.2 Å². The van der Waals surface area contributed by atoms with Gasteiger partial charge in [-0.3, -0.25) is 4.98 Å². The molecule has 2 heterocycles. The van der Waals surface area contributed by atoms with Gasteiger partial charge in [-0.1, -0.05) is 36.4 Å². The van der Waals surface area contributed by atoms with Gasteiger partial charge in [0.2, 0.25) is 0 Å². The molecule has 0 aliphatic rings. The predicted molar refractivity (Wildman–Crippen MR) is 99.6 cm³/mol. The van der Waals surface area contributed by atoms with E-state index < -0.39 is 0 Å². The summed E-state index contributed by atoms with van der Waals surface area (Å²) in [6.45, 7) is 2.04. The summed E-state index contributed by atoms with van der Waals surface area (Å²) in [5, 5.41) is 2.07. The van der Waals surface area contributed by atoms with Crippen molar-refractivity contribution in [2.24, 2.45) is 0 Å². The molecule has 4 rings (SSSR count). The highest BCUT2D eigenvalue weighted by Gasteiger charge is 2.15. The van der Waals surface area contributed by atoms with Crippen molar-refractivity contribution in [3.8, 4) is 27.4 Å². The highest BCUT2D eigenvalue weighted by atomic mass is 32.1. The van der Waals surface area contributed by atoms with Crippen molar-refractivity contribution >= 4 is 22.4 Å². The lowest BCUT2D eigenvalue weighted by molar-refractivity contribution is 0.414. The van der Waals surface area contributed by atoms with Crippen LogP contribution in [0.3, 0.4) is 0 Å². The molecular weight excluding hydrogens is 316 g/mol. The lowest BCUT2D eigenvalue weighted by Crippen LogP contribution is -1.96. The number of nitrogens with zero attached hydrogens (tertiary/aromatic N) is 2. The van der Waals surface area contributed by atoms with Crippen LogP contribution in [0.25, 0.3) is 32.7 Å². The highest BCUT2D eigenvalue weighted by Crippen LogP contribution is 2.39. The van der Waals surface area contributed by atoms with Gasteiger partial charge in [0.05, 0.1) is 30.0 Å². The fraction of sp³-hybridized carbons (Fsp3) is 0.100. The number of hydrogen-bond acceptors (Lipinski definition) is 4. The molecular formula is C20H16N2OS. The summed E-state index contributed by atoms with van der Waals surface area (Å²) < 4.78 is 5.66. The van der Waals surface area contributed by atoms with Gasteiger partial charge in [-0.15, -0.1) is 11.3 Å². The molecule has 0 saturated carbocycles. The molecule has 0 radical (unpaired) electrons. The zero-order valence-corrected chi connectivity index (χ0v) is 14.3. The van der Waals surface area contributed by atoms with Crippen LogP contribution in [-0.2, 0) is 0 Å².